The molecule has 1 saturated heterocycles. The number of nitrogen functional groups attached to an aromatic ring is 1. The minimum absolute atomic E-state index is 0.108. The highest BCUT2D eigenvalue weighted by atomic mass is 16.2. The Morgan fingerprint density at radius 3 is 2.11 bits per heavy atom. The van der Waals surface area contributed by atoms with Gasteiger partial charge in [-0.15, -0.1) is 0 Å². The van der Waals surface area contributed by atoms with E-state index >= 15 is 0 Å². The number of likely N-dealkylation sites (tertiary alicyclic amines) is 1. The second kappa shape index (κ2) is 10.9. The zero-order chi connectivity index (χ0) is 26.5. The molecule has 0 aliphatic carbocycles. The van der Waals surface area contributed by atoms with Crippen molar-refractivity contribution in [1.29, 1.82) is 0 Å². The molecular formula is C28H36N4O4. The largest absolute Gasteiger partial charge is 0.399 e. The summed E-state index contributed by atoms with van der Waals surface area (Å²) in [7, 11) is 0. The summed E-state index contributed by atoms with van der Waals surface area (Å²) < 4.78 is 0. The van der Waals surface area contributed by atoms with Crippen molar-refractivity contribution in [3.05, 3.63) is 59.7 Å². The third kappa shape index (κ3) is 6.11. The van der Waals surface area contributed by atoms with Crippen LogP contribution in [0, 0.1) is 5.41 Å². The van der Waals surface area contributed by atoms with Gasteiger partial charge in [-0.05, 0) is 41.8 Å². The highest BCUT2D eigenvalue weighted by molar-refractivity contribution is 6.02. The van der Waals surface area contributed by atoms with Crippen molar-refractivity contribution in [1.82, 2.24) is 10.2 Å². The number of carbonyl (C=O) groups excluding carboxylic acids is 4. The Kier molecular flexibility index (Phi) is 8.17. The molecule has 2 aromatic carbocycles. The van der Waals surface area contributed by atoms with E-state index in [4.69, 9.17) is 5.73 Å². The predicted octanol–water partition coefficient (Wildman–Crippen LogP) is 3.41. The zero-order valence-corrected chi connectivity index (χ0v) is 21.5. The number of nitrogens with zero attached hydrogens (tertiary/aromatic N) is 1. The molecule has 0 aromatic heterocycles. The van der Waals surface area contributed by atoms with E-state index in [2.05, 4.69) is 10.6 Å². The Morgan fingerprint density at radius 1 is 0.917 bits per heavy atom. The first-order valence-electron chi connectivity index (χ1n) is 12.3. The molecule has 1 heterocycles. The van der Waals surface area contributed by atoms with E-state index in [0.717, 1.165) is 11.1 Å². The number of benzene rings is 2. The molecule has 0 atom stereocenters. The van der Waals surface area contributed by atoms with Gasteiger partial charge in [-0.2, -0.15) is 0 Å². The highest BCUT2D eigenvalue weighted by Crippen LogP contribution is 2.43. The standard InChI is InChI=1S/C28H36N4O4/c1-27(2,28(3,4)26(36)32-18-16-25(32)35)20-8-12-22(13-9-20)31-24(34)15-17-30-23(33)14-7-19-5-10-21(29)11-6-19/h5-6,8-13H,7,14-18,29H2,1-4H3,(H,30,33)(H,31,34). The molecule has 8 nitrogen and oxygen atoms in total. The second-order valence-electron chi connectivity index (χ2n) is 10.3. The lowest BCUT2D eigenvalue weighted by Crippen LogP contribution is -2.57. The number of β-lactam (4-membered cyclic amide) rings is 1. The number of anilines is 2. The van der Waals surface area contributed by atoms with E-state index in [1.54, 1.807) is 24.3 Å². The van der Waals surface area contributed by atoms with Crippen molar-refractivity contribution in [2.24, 2.45) is 5.41 Å². The van der Waals surface area contributed by atoms with Crippen LogP contribution >= 0.6 is 0 Å². The topological polar surface area (TPSA) is 122 Å². The lowest BCUT2D eigenvalue weighted by atomic mass is 9.63. The van der Waals surface area contributed by atoms with Gasteiger partial charge in [0.1, 0.15) is 0 Å². The summed E-state index contributed by atoms with van der Waals surface area (Å²) in [6, 6.07) is 14.8. The average Bonchev–Trinajstić information content (AvgIpc) is 2.82. The van der Waals surface area contributed by atoms with E-state index in [1.165, 1.54) is 4.90 Å². The van der Waals surface area contributed by atoms with Crippen molar-refractivity contribution in [2.75, 3.05) is 24.1 Å². The van der Waals surface area contributed by atoms with Gasteiger partial charge in [0.2, 0.25) is 23.6 Å². The zero-order valence-electron chi connectivity index (χ0n) is 21.5. The fourth-order valence-electron chi connectivity index (χ4n) is 4.03. The van der Waals surface area contributed by atoms with Crippen LogP contribution in [0.2, 0.25) is 0 Å². The van der Waals surface area contributed by atoms with Gasteiger partial charge in [-0.25, -0.2) is 0 Å². The number of nitrogens with one attached hydrogen (secondary N) is 2. The Morgan fingerprint density at radius 2 is 1.56 bits per heavy atom. The summed E-state index contributed by atoms with van der Waals surface area (Å²) in [6.45, 7) is 8.42. The van der Waals surface area contributed by atoms with Crippen molar-refractivity contribution in [2.45, 2.75) is 58.8 Å². The van der Waals surface area contributed by atoms with Crippen LogP contribution in [0.3, 0.4) is 0 Å². The van der Waals surface area contributed by atoms with E-state index in [9.17, 15) is 19.2 Å². The minimum atomic E-state index is -0.792. The van der Waals surface area contributed by atoms with Crippen molar-refractivity contribution in [3.8, 4) is 0 Å². The summed E-state index contributed by atoms with van der Waals surface area (Å²) in [5.41, 5.74) is 7.62. The summed E-state index contributed by atoms with van der Waals surface area (Å²) >= 11 is 0. The Labute approximate surface area is 212 Å². The maximum atomic E-state index is 13.0. The lowest BCUT2D eigenvalue weighted by Gasteiger charge is -2.45. The molecule has 36 heavy (non-hydrogen) atoms. The normalized spacial score (nSPS) is 13.7. The summed E-state index contributed by atoms with van der Waals surface area (Å²) in [5, 5.41) is 5.61. The molecule has 4 amide bonds. The van der Waals surface area contributed by atoms with Crippen molar-refractivity contribution < 1.29 is 19.2 Å². The number of rotatable bonds is 10. The molecule has 192 valence electrons. The molecule has 3 rings (SSSR count). The first-order chi connectivity index (χ1) is 16.9. The van der Waals surface area contributed by atoms with Crippen LogP contribution in [0.5, 0.6) is 0 Å². The van der Waals surface area contributed by atoms with Gasteiger partial charge in [0, 0.05) is 49.1 Å². The summed E-state index contributed by atoms with van der Waals surface area (Å²) in [6.07, 6.45) is 1.53. The fourth-order valence-corrected chi connectivity index (χ4v) is 4.03. The van der Waals surface area contributed by atoms with Gasteiger partial charge in [-0.3, -0.25) is 24.1 Å². The third-order valence-corrected chi connectivity index (χ3v) is 7.38. The number of nitrogens with two attached hydrogens (primary N) is 1. The smallest absolute Gasteiger partial charge is 0.235 e. The molecule has 8 heteroatoms. The van der Waals surface area contributed by atoms with Gasteiger partial charge >= 0.3 is 0 Å². The Bertz CT molecular complexity index is 1120. The van der Waals surface area contributed by atoms with Crippen LogP contribution in [0.25, 0.3) is 0 Å². The Balaban J connectivity index is 1.46. The fraction of sp³-hybridized carbons (Fsp3) is 0.429. The lowest BCUT2D eigenvalue weighted by molar-refractivity contribution is -0.160. The van der Waals surface area contributed by atoms with Crippen LogP contribution in [0.1, 0.15) is 58.1 Å². The summed E-state index contributed by atoms with van der Waals surface area (Å²) in [5.74, 6) is -0.604. The predicted molar refractivity (Wildman–Crippen MR) is 140 cm³/mol. The number of amides is 4. The van der Waals surface area contributed by atoms with Gasteiger partial charge in [0.15, 0.2) is 0 Å². The number of hydrogen-bond acceptors (Lipinski definition) is 5. The second-order valence-corrected chi connectivity index (χ2v) is 10.3. The van der Waals surface area contributed by atoms with Crippen LogP contribution in [0.15, 0.2) is 48.5 Å². The van der Waals surface area contributed by atoms with Gasteiger partial charge in [-0.1, -0.05) is 52.0 Å². The molecule has 4 N–H and O–H groups in total. The SMILES string of the molecule is CC(C)(C(=O)N1CCC1=O)C(C)(C)c1ccc(NC(=O)CCNC(=O)CCc2ccc(N)cc2)cc1. The van der Waals surface area contributed by atoms with Gasteiger partial charge in [0.25, 0.3) is 0 Å². The van der Waals surface area contributed by atoms with E-state index < -0.39 is 10.8 Å². The number of imide groups is 1. The van der Waals surface area contributed by atoms with Crippen LogP contribution in [0.4, 0.5) is 11.4 Å². The molecule has 0 saturated carbocycles. The average molecular weight is 493 g/mol. The highest BCUT2D eigenvalue weighted by Gasteiger charge is 2.48. The maximum absolute atomic E-state index is 13.0. The molecule has 2 aromatic rings. The van der Waals surface area contributed by atoms with E-state index in [0.29, 0.717) is 37.2 Å². The first-order valence-corrected chi connectivity index (χ1v) is 12.3. The molecule has 0 unspecified atom stereocenters. The molecule has 1 aliphatic rings. The number of carbonyl (C=O) groups is 4. The third-order valence-electron chi connectivity index (χ3n) is 7.38. The number of aryl methyl sites for hydroxylation is 1. The molecule has 1 fully saturated rings. The van der Waals surface area contributed by atoms with Crippen molar-refractivity contribution >= 4 is 35.0 Å². The van der Waals surface area contributed by atoms with Crippen LogP contribution in [-0.4, -0.2) is 41.6 Å². The molecule has 1 aliphatic heterocycles. The van der Waals surface area contributed by atoms with Crippen LogP contribution in [-0.2, 0) is 31.0 Å². The Hall–Kier alpha value is -3.68. The van der Waals surface area contributed by atoms with E-state index in [-0.39, 0.29) is 36.6 Å². The van der Waals surface area contributed by atoms with Gasteiger partial charge in [0.05, 0.1) is 5.41 Å². The van der Waals surface area contributed by atoms with Crippen LogP contribution < -0.4 is 16.4 Å². The maximum Gasteiger partial charge on any atom is 0.235 e. The molecular weight excluding hydrogens is 456 g/mol. The quantitative estimate of drug-likeness (QED) is 0.347. The molecule has 0 radical (unpaired) electrons. The van der Waals surface area contributed by atoms with Gasteiger partial charge < -0.3 is 16.4 Å². The monoisotopic (exact) mass is 492 g/mol. The molecule has 0 spiro atoms. The number of hydrogen-bond donors (Lipinski definition) is 3. The summed E-state index contributed by atoms with van der Waals surface area (Å²) in [4.78, 5) is 50.5. The van der Waals surface area contributed by atoms with E-state index in [1.807, 2.05) is 52.0 Å². The molecule has 0 bridgehead atoms. The minimum Gasteiger partial charge on any atom is -0.399 e. The first kappa shape index (κ1) is 26.9. The van der Waals surface area contributed by atoms with Crippen molar-refractivity contribution in [3.63, 3.8) is 0 Å².